The van der Waals surface area contributed by atoms with E-state index in [0.717, 1.165) is 25.0 Å². The molecule has 4 rings (SSSR count). The van der Waals surface area contributed by atoms with E-state index in [1.54, 1.807) is 0 Å². The monoisotopic (exact) mass is 269 g/mol. The summed E-state index contributed by atoms with van der Waals surface area (Å²) in [5, 5.41) is 15.6. The zero-order chi connectivity index (χ0) is 13.5. The summed E-state index contributed by atoms with van der Waals surface area (Å²) in [6.45, 7) is 0. The van der Waals surface area contributed by atoms with Gasteiger partial charge in [-0.15, -0.1) is 0 Å². The number of benzene rings is 1. The molecular formula is C16H19N3O. The summed E-state index contributed by atoms with van der Waals surface area (Å²) in [7, 11) is 0. The third-order valence-corrected chi connectivity index (χ3v) is 4.68. The number of hydrogen-bond acceptors (Lipinski definition) is 3. The van der Waals surface area contributed by atoms with Gasteiger partial charge in [0.25, 0.3) is 0 Å². The van der Waals surface area contributed by atoms with Crippen molar-refractivity contribution in [2.75, 3.05) is 0 Å². The van der Waals surface area contributed by atoms with Gasteiger partial charge in [-0.1, -0.05) is 41.9 Å². The standard InChI is InChI=1S/C16H19N3O/c17-12-9-5-4-8-11(18-12)13-14-15(19-20-16(13)14)10-6-2-1-3-7-10/h1-3,6-7,11,13-14,16H,4-5,8-9H2,(H2,17,18). The molecule has 1 aliphatic carbocycles. The summed E-state index contributed by atoms with van der Waals surface area (Å²) in [4.78, 5) is 5.61. The molecule has 1 aromatic rings. The number of amidine groups is 1. The average molecular weight is 269 g/mol. The highest BCUT2D eigenvalue weighted by atomic mass is 16.7. The molecule has 104 valence electrons. The maximum Gasteiger partial charge on any atom is 0.142 e. The minimum Gasteiger partial charge on any atom is -0.391 e. The first-order valence-electron chi connectivity index (χ1n) is 7.48. The van der Waals surface area contributed by atoms with Crippen LogP contribution in [0.5, 0.6) is 0 Å². The maximum atomic E-state index is 7.92. The lowest BCUT2D eigenvalue weighted by Crippen LogP contribution is -2.36. The van der Waals surface area contributed by atoms with Crippen LogP contribution < -0.4 is 5.32 Å². The molecule has 4 unspecified atom stereocenters. The van der Waals surface area contributed by atoms with Crippen LogP contribution in [0.2, 0.25) is 0 Å². The van der Waals surface area contributed by atoms with Gasteiger partial charge in [0.2, 0.25) is 0 Å². The predicted molar refractivity (Wildman–Crippen MR) is 78.0 cm³/mol. The van der Waals surface area contributed by atoms with Gasteiger partial charge in [-0.3, -0.25) is 5.41 Å². The smallest absolute Gasteiger partial charge is 0.142 e. The first kappa shape index (κ1) is 11.9. The Kier molecular flexibility index (Phi) is 2.76. The van der Waals surface area contributed by atoms with Crippen LogP contribution in [-0.2, 0) is 4.84 Å². The van der Waals surface area contributed by atoms with Crippen molar-refractivity contribution in [3.8, 4) is 0 Å². The molecule has 2 aliphatic heterocycles. The van der Waals surface area contributed by atoms with Gasteiger partial charge in [0.15, 0.2) is 0 Å². The molecule has 4 heteroatoms. The highest BCUT2D eigenvalue weighted by molar-refractivity contribution is 6.05. The van der Waals surface area contributed by atoms with Crippen molar-refractivity contribution < 1.29 is 4.84 Å². The van der Waals surface area contributed by atoms with Crippen molar-refractivity contribution in [2.45, 2.75) is 37.8 Å². The van der Waals surface area contributed by atoms with Crippen LogP contribution in [0.15, 0.2) is 35.5 Å². The van der Waals surface area contributed by atoms with Gasteiger partial charge >= 0.3 is 0 Å². The molecule has 0 radical (unpaired) electrons. The number of nitrogens with zero attached hydrogens (tertiary/aromatic N) is 1. The molecule has 0 bridgehead atoms. The van der Waals surface area contributed by atoms with E-state index in [4.69, 9.17) is 10.2 Å². The van der Waals surface area contributed by atoms with Crippen LogP contribution in [0.1, 0.15) is 31.2 Å². The van der Waals surface area contributed by atoms with E-state index in [0.29, 0.717) is 23.7 Å². The van der Waals surface area contributed by atoms with E-state index in [9.17, 15) is 0 Å². The lowest BCUT2D eigenvalue weighted by Gasteiger charge is -2.18. The van der Waals surface area contributed by atoms with Crippen LogP contribution in [0, 0.1) is 17.2 Å². The topological polar surface area (TPSA) is 57.5 Å². The fourth-order valence-electron chi connectivity index (χ4n) is 3.61. The van der Waals surface area contributed by atoms with Crippen molar-refractivity contribution in [3.63, 3.8) is 0 Å². The Bertz CT molecular complexity index is 554. The maximum absolute atomic E-state index is 7.92. The highest BCUT2D eigenvalue weighted by Crippen LogP contribution is 2.51. The molecule has 4 nitrogen and oxygen atoms in total. The van der Waals surface area contributed by atoms with Crippen molar-refractivity contribution in [1.29, 1.82) is 5.41 Å². The Morgan fingerprint density at radius 1 is 1.20 bits per heavy atom. The zero-order valence-electron chi connectivity index (χ0n) is 11.4. The highest BCUT2D eigenvalue weighted by Gasteiger charge is 2.62. The number of rotatable bonds is 2. The third-order valence-electron chi connectivity index (χ3n) is 4.68. The molecule has 0 aromatic heterocycles. The summed E-state index contributed by atoms with van der Waals surface area (Å²) < 4.78 is 0. The number of fused-ring (bicyclic) bond motifs is 1. The molecule has 20 heavy (non-hydrogen) atoms. The van der Waals surface area contributed by atoms with E-state index in [2.05, 4.69) is 22.6 Å². The van der Waals surface area contributed by atoms with Gasteiger partial charge < -0.3 is 10.2 Å². The van der Waals surface area contributed by atoms with E-state index in [1.165, 1.54) is 12.0 Å². The number of nitrogens with one attached hydrogen (secondary N) is 2. The van der Waals surface area contributed by atoms with Crippen LogP contribution in [0.3, 0.4) is 0 Å². The Labute approximate surface area is 118 Å². The van der Waals surface area contributed by atoms with Crippen molar-refractivity contribution in [1.82, 2.24) is 5.32 Å². The van der Waals surface area contributed by atoms with E-state index in [1.807, 2.05) is 18.2 Å². The summed E-state index contributed by atoms with van der Waals surface area (Å²) >= 11 is 0. The number of oxime groups is 1. The summed E-state index contributed by atoms with van der Waals surface area (Å²) in [5.74, 6) is 1.60. The van der Waals surface area contributed by atoms with Crippen molar-refractivity contribution in [2.24, 2.45) is 17.0 Å². The van der Waals surface area contributed by atoms with Crippen molar-refractivity contribution >= 4 is 11.5 Å². The second-order valence-corrected chi connectivity index (χ2v) is 5.99. The lowest BCUT2D eigenvalue weighted by atomic mass is 10.00. The molecule has 2 N–H and O–H groups in total. The van der Waals surface area contributed by atoms with Crippen LogP contribution in [0.4, 0.5) is 0 Å². The fourth-order valence-corrected chi connectivity index (χ4v) is 3.61. The molecule has 0 amide bonds. The van der Waals surface area contributed by atoms with E-state index in [-0.39, 0.29) is 6.10 Å². The predicted octanol–water partition coefficient (Wildman–Crippen LogP) is 2.54. The third kappa shape index (κ3) is 1.90. The molecule has 3 aliphatic rings. The lowest BCUT2D eigenvalue weighted by molar-refractivity contribution is 0.121. The Morgan fingerprint density at radius 3 is 2.90 bits per heavy atom. The summed E-state index contributed by atoms with van der Waals surface area (Å²) in [6, 6.07) is 10.7. The zero-order valence-corrected chi connectivity index (χ0v) is 11.4. The van der Waals surface area contributed by atoms with Gasteiger partial charge in [0.05, 0.1) is 17.5 Å². The molecule has 1 saturated heterocycles. The quantitative estimate of drug-likeness (QED) is 0.867. The van der Waals surface area contributed by atoms with Crippen LogP contribution >= 0.6 is 0 Å². The molecule has 2 fully saturated rings. The first-order chi connectivity index (χ1) is 9.84. The van der Waals surface area contributed by atoms with Gasteiger partial charge in [0.1, 0.15) is 6.10 Å². The molecule has 4 atom stereocenters. The fraction of sp³-hybridized carbons (Fsp3) is 0.500. The number of hydrogen-bond donors (Lipinski definition) is 2. The normalized spacial score (nSPS) is 35.4. The minimum atomic E-state index is 0.230. The molecule has 1 aromatic carbocycles. The summed E-state index contributed by atoms with van der Waals surface area (Å²) in [6.07, 6.45) is 4.59. The Morgan fingerprint density at radius 2 is 2.05 bits per heavy atom. The largest absolute Gasteiger partial charge is 0.391 e. The molecule has 0 spiro atoms. The van der Waals surface area contributed by atoms with E-state index < -0.39 is 0 Å². The van der Waals surface area contributed by atoms with Gasteiger partial charge in [0, 0.05) is 18.4 Å². The van der Waals surface area contributed by atoms with Crippen molar-refractivity contribution in [3.05, 3.63) is 35.9 Å². The Hall–Kier alpha value is -1.84. The second kappa shape index (κ2) is 4.62. The van der Waals surface area contributed by atoms with Gasteiger partial charge in [-0.25, -0.2) is 0 Å². The van der Waals surface area contributed by atoms with Gasteiger partial charge in [-0.2, -0.15) is 0 Å². The summed E-state index contributed by atoms with van der Waals surface area (Å²) in [5.41, 5.74) is 2.27. The van der Waals surface area contributed by atoms with Gasteiger partial charge in [-0.05, 0) is 18.4 Å². The molecule has 1 saturated carbocycles. The average Bonchev–Trinajstić information content (AvgIpc) is 3.09. The first-order valence-corrected chi connectivity index (χ1v) is 7.48. The van der Waals surface area contributed by atoms with Crippen LogP contribution in [-0.4, -0.2) is 23.7 Å². The minimum absolute atomic E-state index is 0.230. The molecule has 2 heterocycles. The van der Waals surface area contributed by atoms with Crippen LogP contribution in [0.25, 0.3) is 0 Å². The van der Waals surface area contributed by atoms with E-state index >= 15 is 0 Å². The second-order valence-electron chi connectivity index (χ2n) is 5.99. The Balaban J connectivity index is 1.52. The molecular weight excluding hydrogens is 250 g/mol. The SMILES string of the molecule is N=C1CCCCC(C2C3ON=C(c4ccccc4)C32)N1.